The molecule has 4 heteroatoms. The van der Waals surface area contributed by atoms with Crippen molar-refractivity contribution in [3.63, 3.8) is 0 Å². The monoisotopic (exact) mass is 152 g/mol. The smallest absolute Gasteiger partial charge is 0.337 e. The summed E-state index contributed by atoms with van der Waals surface area (Å²) in [6, 6.07) is 3.06. The van der Waals surface area contributed by atoms with Crippen molar-refractivity contribution in [2.45, 2.75) is 6.54 Å². The molecule has 0 aliphatic carbocycles. The van der Waals surface area contributed by atoms with Crippen molar-refractivity contribution < 1.29 is 9.90 Å². The topological polar surface area (TPSA) is 76.2 Å². The fourth-order valence-corrected chi connectivity index (χ4v) is 0.795. The van der Waals surface area contributed by atoms with Crippen molar-refractivity contribution in [2.75, 3.05) is 0 Å². The lowest BCUT2D eigenvalue weighted by Gasteiger charge is -1.99. The molecule has 1 aromatic heterocycles. The summed E-state index contributed by atoms with van der Waals surface area (Å²) in [5.74, 6) is -0.987. The highest BCUT2D eigenvalue weighted by Gasteiger charge is 2.07. The molecule has 0 unspecified atom stereocenters. The van der Waals surface area contributed by atoms with Crippen molar-refractivity contribution in [2.24, 2.45) is 5.73 Å². The number of hydrogen-bond donors (Lipinski definition) is 2. The van der Waals surface area contributed by atoms with Gasteiger partial charge in [0.15, 0.2) is 0 Å². The van der Waals surface area contributed by atoms with E-state index in [1.54, 1.807) is 6.07 Å². The van der Waals surface area contributed by atoms with Crippen LogP contribution in [0.5, 0.6) is 0 Å². The average Bonchev–Trinajstić information content (AvgIpc) is 2.04. The van der Waals surface area contributed by atoms with E-state index in [0.29, 0.717) is 5.69 Å². The van der Waals surface area contributed by atoms with Crippen LogP contribution < -0.4 is 5.73 Å². The molecule has 0 saturated carbocycles. The zero-order valence-electron chi connectivity index (χ0n) is 5.82. The maximum Gasteiger partial charge on any atom is 0.337 e. The largest absolute Gasteiger partial charge is 0.478 e. The predicted octanol–water partition coefficient (Wildman–Crippen LogP) is 0.238. The average molecular weight is 152 g/mol. The fourth-order valence-electron chi connectivity index (χ4n) is 0.795. The highest BCUT2D eigenvalue weighted by Crippen LogP contribution is 2.03. The number of carboxylic acid groups (broad SMARTS) is 1. The van der Waals surface area contributed by atoms with Gasteiger partial charge in [-0.25, -0.2) is 4.79 Å². The molecule has 3 N–H and O–H groups in total. The van der Waals surface area contributed by atoms with Crippen LogP contribution in [0.4, 0.5) is 0 Å². The molecule has 0 spiro atoms. The normalized spacial score (nSPS) is 9.55. The highest BCUT2D eigenvalue weighted by molar-refractivity contribution is 5.88. The Morgan fingerprint density at radius 3 is 2.91 bits per heavy atom. The lowest BCUT2D eigenvalue weighted by atomic mass is 10.2. The van der Waals surface area contributed by atoms with Crippen molar-refractivity contribution in [1.29, 1.82) is 0 Å². The van der Waals surface area contributed by atoms with Gasteiger partial charge in [0.1, 0.15) is 0 Å². The Labute approximate surface area is 63.7 Å². The molecule has 0 aliphatic heterocycles. The number of rotatable bonds is 2. The van der Waals surface area contributed by atoms with Gasteiger partial charge in [0.25, 0.3) is 0 Å². The summed E-state index contributed by atoms with van der Waals surface area (Å²) in [5.41, 5.74) is 5.86. The third-order valence-electron chi connectivity index (χ3n) is 1.31. The first kappa shape index (κ1) is 7.68. The van der Waals surface area contributed by atoms with E-state index >= 15 is 0 Å². The summed E-state index contributed by atoms with van der Waals surface area (Å²) in [5, 5.41) is 8.60. The third-order valence-corrected chi connectivity index (χ3v) is 1.31. The lowest BCUT2D eigenvalue weighted by Crippen LogP contribution is -2.08. The number of carboxylic acids is 1. The van der Waals surface area contributed by atoms with Gasteiger partial charge in [-0.05, 0) is 12.1 Å². The maximum atomic E-state index is 10.5. The van der Waals surface area contributed by atoms with Crippen molar-refractivity contribution >= 4 is 5.97 Å². The molecule has 4 nitrogen and oxygen atoms in total. The van der Waals surface area contributed by atoms with Crippen LogP contribution in [-0.2, 0) is 6.54 Å². The van der Waals surface area contributed by atoms with Crippen molar-refractivity contribution in [3.8, 4) is 0 Å². The summed E-state index contributed by atoms with van der Waals surface area (Å²) in [6.07, 6.45) is 1.52. The standard InChI is InChI=1S/C7H8N2O2/c8-4-6-5(7(10)11)2-1-3-9-6/h1-3H,4,8H2,(H,10,11). The molecule has 58 valence electrons. The van der Waals surface area contributed by atoms with Crippen LogP contribution in [0.3, 0.4) is 0 Å². The first-order chi connectivity index (χ1) is 5.25. The van der Waals surface area contributed by atoms with Crippen LogP contribution in [-0.4, -0.2) is 16.1 Å². The van der Waals surface area contributed by atoms with E-state index in [2.05, 4.69) is 4.98 Å². The van der Waals surface area contributed by atoms with Crippen LogP contribution in [0.15, 0.2) is 18.3 Å². The SMILES string of the molecule is NCc1ncccc1C(=O)O. The zero-order chi connectivity index (χ0) is 8.27. The van der Waals surface area contributed by atoms with Crippen LogP contribution in [0.25, 0.3) is 0 Å². The molecule has 0 atom stereocenters. The van der Waals surface area contributed by atoms with E-state index in [1.165, 1.54) is 12.3 Å². The summed E-state index contributed by atoms with van der Waals surface area (Å²) in [6.45, 7) is 0.155. The first-order valence-corrected chi connectivity index (χ1v) is 3.13. The molecule has 11 heavy (non-hydrogen) atoms. The van der Waals surface area contributed by atoms with Crippen LogP contribution in [0.1, 0.15) is 16.1 Å². The van der Waals surface area contributed by atoms with Gasteiger partial charge in [-0.2, -0.15) is 0 Å². The first-order valence-electron chi connectivity index (χ1n) is 3.13. The minimum absolute atomic E-state index is 0.155. The third kappa shape index (κ3) is 1.53. The Kier molecular flexibility index (Phi) is 2.18. The number of nitrogens with two attached hydrogens (primary N) is 1. The summed E-state index contributed by atoms with van der Waals surface area (Å²) < 4.78 is 0. The molecule has 0 aliphatic rings. The maximum absolute atomic E-state index is 10.5. The molecule has 0 aromatic carbocycles. The van der Waals surface area contributed by atoms with Gasteiger partial charge in [0.2, 0.25) is 0 Å². The molecule has 0 radical (unpaired) electrons. The van der Waals surface area contributed by atoms with E-state index in [4.69, 9.17) is 10.8 Å². The second-order valence-electron chi connectivity index (χ2n) is 2.01. The Bertz CT molecular complexity index is 273. The Balaban J connectivity index is 3.12. The van der Waals surface area contributed by atoms with E-state index in [-0.39, 0.29) is 12.1 Å². The van der Waals surface area contributed by atoms with E-state index in [1.807, 2.05) is 0 Å². The predicted molar refractivity (Wildman–Crippen MR) is 39.1 cm³/mol. The van der Waals surface area contributed by atoms with E-state index in [0.717, 1.165) is 0 Å². The second-order valence-corrected chi connectivity index (χ2v) is 2.01. The van der Waals surface area contributed by atoms with Gasteiger partial charge in [-0.3, -0.25) is 4.98 Å². The number of hydrogen-bond acceptors (Lipinski definition) is 3. The number of nitrogens with zero attached hydrogens (tertiary/aromatic N) is 1. The fraction of sp³-hybridized carbons (Fsp3) is 0.143. The Morgan fingerprint density at radius 2 is 2.45 bits per heavy atom. The molecule has 1 aromatic rings. The number of aromatic carboxylic acids is 1. The Hall–Kier alpha value is -1.42. The van der Waals surface area contributed by atoms with Crippen molar-refractivity contribution in [3.05, 3.63) is 29.6 Å². The van der Waals surface area contributed by atoms with Crippen LogP contribution in [0, 0.1) is 0 Å². The highest BCUT2D eigenvalue weighted by atomic mass is 16.4. The number of carbonyl (C=O) groups is 1. The molecular formula is C7H8N2O2. The summed E-state index contributed by atoms with van der Waals surface area (Å²) >= 11 is 0. The molecule has 0 saturated heterocycles. The van der Waals surface area contributed by atoms with E-state index < -0.39 is 5.97 Å². The molecule has 1 rings (SSSR count). The van der Waals surface area contributed by atoms with Gasteiger partial charge >= 0.3 is 5.97 Å². The summed E-state index contributed by atoms with van der Waals surface area (Å²) in [4.78, 5) is 14.3. The number of aromatic nitrogens is 1. The minimum atomic E-state index is -0.987. The van der Waals surface area contributed by atoms with Crippen LogP contribution in [0.2, 0.25) is 0 Å². The molecule has 0 fully saturated rings. The summed E-state index contributed by atoms with van der Waals surface area (Å²) in [7, 11) is 0. The van der Waals surface area contributed by atoms with E-state index in [9.17, 15) is 4.79 Å². The molecule has 0 bridgehead atoms. The van der Waals surface area contributed by atoms with Gasteiger partial charge in [0.05, 0.1) is 11.3 Å². The lowest BCUT2D eigenvalue weighted by molar-refractivity contribution is 0.0695. The Morgan fingerprint density at radius 1 is 1.73 bits per heavy atom. The van der Waals surface area contributed by atoms with Gasteiger partial charge < -0.3 is 10.8 Å². The van der Waals surface area contributed by atoms with Crippen LogP contribution >= 0.6 is 0 Å². The number of pyridine rings is 1. The van der Waals surface area contributed by atoms with Gasteiger partial charge in [0, 0.05) is 12.7 Å². The quantitative estimate of drug-likeness (QED) is 0.636. The van der Waals surface area contributed by atoms with Gasteiger partial charge in [-0.1, -0.05) is 0 Å². The molecular weight excluding hydrogens is 144 g/mol. The second kappa shape index (κ2) is 3.12. The molecule has 1 heterocycles. The van der Waals surface area contributed by atoms with Crippen molar-refractivity contribution in [1.82, 2.24) is 4.98 Å². The van der Waals surface area contributed by atoms with Gasteiger partial charge in [-0.15, -0.1) is 0 Å². The molecule has 0 amide bonds. The zero-order valence-corrected chi connectivity index (χ0v) is 5.82. The minimum Gasteiger partial charge on any atom is -0.478 e.